The second-order valence-corrected chi connectivity index (χ2v) is 5.39. The van der Waals surface area contributed by atoms with Gasteiger partial charge in [0, 0.05) is 44.3 Å². The van der Waals surface area contributed by atoms with Crippen molar-refractivity contribution in [2.24, 2.45) is 0 Å². The first-order chi connectivity index (χ1) is 7.54. The summed E-state index contributed by atoms with van der Waals surface area (Å²) in [5.41, 5.74) is 0. The van der Waals surface area contributed by atoms with Crippen molar-refractivity contribution in [3.8, 4) is 0 Å². The van der Waals surface area contributed by atoms with Crippen molar-refractivity contribution in [1.29, 1.82) is 0 Å². The fourth-order valence-corrected chi connectivity index (χ4v) is 2.31. The van der Waals surface area contributed by atoms with Crippen LogP contribution in [0.25, 0.3) is 0 Å². The van der Waals surface area contributed by atoms with Gasteiger partial charge in [-0.15, -0.1) is 0 Å². The van der Waals surface area contributed by atoms with Gasteiger partial charge in [0.1, 0.15) is 0 Å². The van der Waals surface area contributed by atoms with Gasteiger partial charge in [-0.1, -0.05) is 6.92 Å². The maximum absolute atomic E-state index is 3.57. The van der Waals surface area contributed by atoms with Gasteiger partial charge in [0.25, 0.3) is 0 Å². The molecule has 3 heteroatoms. The molecule has 3 unspecified atom stereocenters. The molecule has 0 aromatic heterocycles. The van der Waals surface area contributed by atoms with E-state index < -0.39 is 0 Å². The number of hydrogen-bond donors (Lipinski definition) is 1. The summed E-state index contributed by atoms with van der Waals surface area (Å²) in [5.74, 6) is 0. The fourth-order valence-electron chi connectivity index (χ4n) is 2.31. The zero-order chi connectivity index (χ0) is 12.1. The van der Waals surface area contributed by atoms with Crippen molar-refractivity contribution >= 4 is 0 Å². The van der Waals surface area contributed by atoms with E-state index in [4.69, 9.17) is 0 Å². The van der Waals surface area contributed by atoms with E-state index in [1.165, 1.54) is 26.1 Å². The number of likely N-dealkylation sites (N-methyl/N-ethyl adjacent to an activating group) is 1. The van der Waals surface area contributed by atoms with Crippen LogP contribution in [0.5, 0.6) is 0 Å². The van der Waals surface area contributed by atoms with Crippen molar-refractivity contribution in [2.75, 3.05) is 33.2 Å². The molecule has 1 aliphatic rings. The molecule has 1 N–H and O–H groups in total. The lowest BCUT2D eigenvalue weighted by atomic mass is 10.1. The van der Waals surface area contributed by atoms with Crippen LogP contribution in [0, 0.1) is 0 Å². The van der Waals surface area contributed by atoms with Crippen LogP contribution in [-0.4, -0.2) is 61.2 Å². The van der Waals surface area contributed by atoms with Gasteiger partial charge in [0.2, 0.25) is 0 Å². The van der Waals surface area contributed by atoms with Gasteiger partial charge in [-0.3, -0.25) is 9.80 Å². The maximum atomic E-state index is 3.57. The van der Waals surface area contributed by atoms with Crippen molar-refractivity contribution < 1.29 is 0 Å². The molecule has 0 saturated carbocycles. The Labute approximate surface area is 101 Å². The Morgan fingerprint density at radius 2 is 1.81 bits per heavy atom. The van der Waals surface area contributed by atoms with Crippen LogP contribution < -0.4 is 5.32 Å². The molecule has 0 bridgehead atoms. The SMILES string of the molecule is CCC(C)NCCN1CC(C)N(C)C(C)C1. The van der Waals surface area contributed by atoms with Crippen LogP contribution in [0.15, 0.2) is 0 Å². The Hall–Kier alpha value is -0.120. The lowest BCUT2D eigenvalue weighted by molar-refractivity contribution is 0.0604. The van der Waals surface area contributed by atoms with Crippen molar-refractivity contribution in [1.82, 2.24) is 15.1 Å². The van der Waals surface area contributed by atoms with E-state index in [0.717, 1.165) is 6.54 Å². The Morgan fingerprint density at radius 3 is 2.31 bits per heavy atom. The molecule has 0 aromatic rings. The number of piperazine rings is 1. The molecule has 0 amide bonds. The summed E-state index contributed by atoms with van der Waals surface area (Å²) in [7, 11) is 2.24. The van der Waals surface area contributed by atoms with Crippen LogP contribution in [0.1, 0.15) is 34.1 Å². The second-order valence-electron chi connectivity index (χ2n) is 5.39. The first kappa shape index (κ1) is 13.9. The van der Waals surface area contributed by atoms with Crippen molar-refractivity contribution in [2.45, 2.75) is 52.2 Å². The zero-order valence-electron chi connectivity index (χ0n) is 11.7. The van der Waals surface area contributed by atoms with E-state index in [2.05, 4.69) is 49.9 Å². The Balaban J connectivity index is 2.23. The molecular formula is C13H29N3. The number of hydrogen-bond acceptors (Lipinski definition) is 3. The number of nitrogens with zero attached hydrogens (tertiary/aromatic N) is 2. The lowest BCUT2D eigenvalue weighted by Gasteiger charge is -2.42. The van der Waals surface area contributed by atoms with Crippen LogP contribution >= 0.6 is 0 Å². The third-order valence-electron chi connectivity index (χ3n) is 3.97. The molecular weight excluding hydrogens is 198 g/mol. The maximum Gasteiger partial charge on any atom is 0.0195 e. The Kier molecular flexibility index (Phi) is 5.73. The number of nitrogens with one attached hydrogen (secondary N) is 1. The van der Waals surface area contributed by atoms with Crippen LogP contribution in [0.4, 0.5) is 0 Å². The average Bonchev–Trinajstić information content (AvgIpc) is 2.25. The number of rotatable bonds is 5. The molecule has 0 aliphatic carbocycles. The molecule has 96 valence electrons. The Bertz CT molecular complexity index is 184. The smallest absolute Gasteiger partial charge is 0.0195 e. The highest BCUT2D eigenvalue weighted by Crippen LogP contribution is 2.12. The van der Waals surface area contributed by atoms with Gasteiger partial charge in [0.05, 0.1) is 0 Å². The fraction of sp³-hybridized carbons (Fsp3) is 1.00. The average molecular weight is 227 g/mol. The molecule has 1 aliphatic heterocycles. The predicted molar refractivity (Wildman–Crippen MR) is 70.9 cm³/mol. The molecule has 3 nitrogen and oxygen atoms in total. The minimum Gasteiger partial charge on any atom is -0.313 e. The van der Waals surface area contributed by atoms with Crippen molar-refractivity contribution in [3.05, 3.63) is 0 Å². The molecule has 0 spiro atoms. The van der Waals surface area contributed by atoms with Gasteiger partial charge in [-0.25, -0.2) is 0 Å². The summed E-state index contributed by atoms with van der Waals surface area (Å²) in [5, 5.41) is 3.57. The molecule has 1 rings (SSSR count). The monoisotopic (exact) mass is 227 g/mol. The molecule has 0 radical (unpaired) electrons. The second kappa shape index (κ2) is 6.58. The summed E-state index contributed by atoms with van der Waals surface area (Å²) in [6.45, 7) is 13.9. The van der Waals surface area contributed by atoms with Crippen molar-refractivity contribution in [3.63, 3.8) is 0 Å². The standard InChI is InChI=1S/C13H29N3/c1-6-11(2)14-7-8-16-9-12(3)15(5)13(4)10-16/h11-14H,6-10H2,1-5H3. The molecule has 3 atom stereocenters. The molecule has 1 heterocycles. The summed E-state index contributed by atoms with van der Waals surface area (Å²) >= 11 is 0. The van der Waals surface area contributed by atoms with E-state index in [1.54, 1.807) is 0 Å². The van der Waals surface area contributed by atoms with Crippen LogP contribution in [-0.2, 0) is 0 Å². The Morgan fingerprint density at radius 1 is 1.25 bits per heavy atom. The summed E-state index contributed by atoms with van der Waals surface area (Å²) < 4.78 is 0. The van der Waals surface area contributed by atoms with E-state index in [1.807, 2.05) is 0 Å². The minimum atomic E-state index is 0.655. The molecule has 1 saturated heterocycles. The van der Waals surface area contributed by atoms with Gasteiger partial charge < -0.3 is 5.32 Å². The van der Waals surface area contributed by atoms with Crippen LogP contribution in [0.2, 0.25) is 0 Å². The van der Waals surface area contributed by atoms with E-state index >= 15 is 0 Å². The van der Waals surface area contributed by atoms with E-state index in [9.17, 15) is 0 Å². The predicted octanol–water partition coefficient (Wildman–Crippen LogP) is 1.40. The topological polar surface area (TPSA) is 18.5 Å². The van der Waals surface area contributed by atoms with E-state index in [-0.39, 0.29) is 0 Å². The van der Waals surface area contributed by atoms with Gasteiger partial charge in [-0.2, -0.15) is 0 Å². The summed E-state index contributed by atoms with van der Waals surface area (Å²) in [4.78, 5) is 5.07. The molecule has 0 aromatic carbocycles. The first-order valence-corrected chi connectivity index (χ1v) is 6.72. The quantitative estimate of drug-likeness (QED) is 0.766. The van der Waals surface area contributed by atoms with Gasteiger partial charge in [0.15, 0.2) is 0 Å². The highest BCUT2D eigenvalue weighted by molar-refractivity contribution is 4.82. The largest absolute Gasteiger partial charge is 0.313 e. The summed E-state index contributed by atoms with van der Waals surface area (Å²) in [6.07, 6.45) is 1.22. The minimum absolute atomic E-state index is 0.655. The van der Waals surface area contributed by atoms with Gasteiger partial charge in [-0.05, 0) is 34.2 Å². The molecule has 1 fully saturated rings. The highest BCUT2D eigenvalue weighted by Gasteiger charge is 2.25. The van der Waals surface area contributed by atoms with E-state index in [0.29, 0.717) is 18.1 Å². The summed E-state index contributed by atoms with van der Waals surface area (Å²) in [6, 6.07) is 2.03. The van der Waals surface area contributed by atoms with Gasteiger partial charge >= 0.3 is 0 Å². The first-order valence-electron chi connectivity index (χ1n) is 6.72. The third kappa shape index (κ3) is 4.04. The third-order valence-corrected chi connectivity index (χ3v) is 3.97. The zero-order valence-corrected chi connectivity index (χ0v) is 11.7. The lowest BCUT2D eigenvalue weighted by Crippen LogP contribution is -2.56. The highest BCUT2D eigenvalue weighted by atomic mass is 15.3. The normalized spacial score (nSPS) is 30.6. The molecule has 16 heavy (non-hydrogen) atoms. The van der Waals surface area contributed by atoms with Crippen LogP contribution in [0.3, 0.4) is 0 Å².